The van der Waals surface area contributed by atoms with Crippen LogP contribution < -0.4 is 0 Å². The average Bonchev–Trinajstić information content (AvgIpc) is 2.91. The van der Waals surface area contributed by atoms with Gasteiger partial charge in [0.05, 0.1) is 22.7 Å². The molecule has 2 aromatic rings. The Bertz CT molecular complexity index is 686. The van der Waals surface area contributed by atoms with Crippen LogP contribution in [-0.2, 0) is 16.6 Å². The van der Waals surface area contributed by atoms with Gasteiger partial charge in [-0.15, -0.1) is 0 Å². The molecule has 0 aliphatic heterocycles. The summed E-state index contributed by atoms with van der Waals surface area (Å²) < 4.78 is 32.2. The van der Waals surface area contributed by atoms with E-state index < -0.39 is 10.0 Å². The SMILES string of the molecule is CCN(Cc1ccco1)S(=O)(=O)c1ccc(Cl)c(Br)c1. The van der Waals surface area contributed by atoms with Crippen LogP contribution in [-0.4, -0.2) is 19.3 Å². The van der Waals surface area contributed by atoms with Crippen molar-refractivity contribution in [1.82, 2.24) is 4.31 Å². The predicted molar refractivity (Wildman–Crippen MR) is 81.1 cm³/mol. The molecule has 0 fully saturated rings. The van der Waals surface area contributed by atoms with E-state index in [2.05, 4.69) is 15.9 Å². The molecule has 7 heteroatoms. The third kappa shape index (κ3) is 3.25. The van der Waals surface area contributed by atoms with Gasteiger partial charge in [-0.25, -0.2) is 8.42 Å². The van der Waals surface area contributed by atoms with Crippen molar-refractivity contribution >= 4 is 37.6 Å². The van der Waals surface area contributed by atoms with Crippen LogP contribution in [0.4, 0.5) is 0 Å². The summed E-state index contributed by atoms with van der Waals surface area (Å²) in [6.07, 6.45) is 1.52. The molecule has 1 aromatic carbocycles. The minimum Gasteiger partial charge on any atom is -0.468 e. The van der Waals surface area contributed by atoms with Crippen molar-refractivity contribution in [2.75, 3.05) is 6.54 Å². The van der Waals surface area contributed by atoms with Crippen molar-refractivity contribution in [2.24, 2.45) is 0 Å². The van der Waals surface area contributed by atoms with E-state index in [1.165, 1.54) is 22.7 Å². The van der Waals surface area contributed by atoms with Crippen molar-refractivity contribution in [2.45, 2.75) is 18.4 Å². The zero-order valence-corrected chi connectivity index (χ0v) is 13.9. The number of nitrogens with zero attached hydrogens (tertiary/aromatic N) is 1. The van der Waals surface area contributed by atoms with Crippen LogP contribution in [0.2, 0.25) is 5.02 Å². The Kier molecular flexibility index (Phi) is 4.90. The van der Waals surface area contributed by atoms with Crippen molar-refractivity contribution in [3.8, 4) is 0 Å². The van der Waals surface area contributed by atoms with Crippen LogP contribution in [0.1, 0.15) is 12.7 Å². The van der Waals surface area contributed by atoms with E-state index in [-0.39, 0.29) is 11.4 Å². The lowest BCUT2D eigenvalue weighted by Gasteiger charge is -2.19. The molecule has 2 rings (SSSR count). The van der Waals surface area contributed by atoms with Gasteiger partial charge < -0.3 is 4.42 Å². The highest BCUT2D eigenvalue weighted by atomic mass is 79.9. The summed E-state index contributed by atoms with van der Waals surface area (Å²) in [4.78, 5) is 0.196. The third-order valence-corrected chi connectivity index (χ3v) is 5.92. The standard InChI is InChI=1S/C13H13BrClNO3S/c1-2-16(9-10-4-3-7-19-10)20(17,18)11-5-6-13(15)12(14)8-11/h3-8H,2,9H2,1H3. The lowest BCUT2D eigenvalue weighted by molar-refractivity contribution is 0.375. The van der Waals surface area contributed by atoms with E-state index in [0.29, 0.717) is 21.8 Å². The molecule has 0 radical (unpaired) electrons. The number of sulfonamides is 1. The Morgan fingerprint density at radius 2 is 2.10 bits per heavy atom. The van der Waals surface area contributed by atoms with Crippen molar-refractivity contribution in [3.05, 3.63) is 51.9 Å². The van der Waals surface area contributed by atoms with E-state index >= 15 is 0 Å². The summed E-state index contributed by atoms with van der Waals surface area (Å²) in [5, 5.41) is 0.470. The van der Waals surface area contributed by atoms with Gasteiger partial charge in [0.15, 0.2) is 0 Å². The number of hydrogen-bond donors (Lipinski definition) is 0. The summed E-state index contributed by atoms with van der Waals surface area (Å²) in [6.45, 7) is 2.33. The second-order valence-corrected chi connectivity index (χ2v) is 7.29. The molecule has 4 nitrogen and oxygen atoms in total. The van der Waals surface area contributed by atoms with Gasteiger partial charge in [0.2, 0.25) is 10.0 Å². The molecule has 108 valence electrons. The van der Waals surface area contributed by atoms with Crippen molar-refractivity contribution in [1.29, 1.82) is 0 Å². The Hall–Kier alpha value is -0.820. The van der Waals surface area contributed by atoms with Gasteiger partial charge in [-0.1, -0.05) is 18.5 Å². The van der Waals surface area contributed by atoms with Gasteiger partial charge in [0.25, 0.3) is 0 Å². The molecule has 0 aliphatic rings. The van der Waals surface area contributed by atoms with Gasteiger partial charge in [-0.2, -0.15) is 4.31 Å². The minimum absolute atomic E-state index is 0.196. The molecule has 0 unspecified atom stereocenters. The lowest BCUT2D eigenvalue weighted by atomic mass is 10.4. The highest BCUT2D eigenvalue weighted by molar-refractivity contribution is 9.10. The van der Waals surface area contributed by atoms with Crippen LogP contribution >= 0.6 is 27.5 Å². The first-order chi connectivity index (χ1) is 9.45. The highest BCUT2D eigenvalue weighted by Gasteiger charge is 2.24. The quantitative estimate of drug-likeness (QED) is 0.792. The summed E-state index contributed by atoms with van der Waals surface area (Å²) in [7, 11) is -3.58. The Labute approximate surface area is 131 Å². The summed E-state index contributed by atoms with van der Waals surface area (Å²) in [6, 6.07) is 8.03. The maximum Gasteiger partial charge on any atom is 0.243 e. The van der Waals surface area contributed by atoms with Gasteiger partial charge in [0, 0.05) is 11.0 Å². The van der Waals surface area contributed by atoms with Crippen LogP contribution in [0, 0.1) is 0 Å². The molecule has 0 bridgehead atoms. The molecule has 0 saturated heterocycles. The second kappa shape index (κ2) is 6.30. The molecular formula is C13H13BrClNO3S. The first-order valence-corrected chi connectivity index (χ1v) is 8.54. The molecule has 0 N–H and O–H groups in total. The third-order valence-electron chi connectivity index (χ3n) is 2.79. The van der Waals surface area contributed by atoms with Crippen molar-refractivity contribution in [3.63, 3.8) is 0 Å². The highest BCUT2D eigenvalue weighted by Crippen LogP contribution is 2.27. The molecule has 1 heterocycles. The number of rotatable bonds is 5. The lowest BCUT2D eigenvalue weighted by Crippen LogP contribution is -2.30. The van der Waals surface area contributed by atoms with Crippen LogP contribution in [0.25, 0.3) is 0 Å². The molecule has 0 saturated carbocycles. The number of benzene rings is 1. The fourth-order valence-electron chi connectivity index (χ4n) is 1.73. The predicted octanol–water partition coefficient (Wildman–Crippen LogP) is 3.91. The minimum atomic E-state index is -3.58. The normalized spacial score (nSPS) is 12.0. The summed E-state index contributed by atoms with van der Waals surface area (Å²) >= 11 is 9.13. The van der Waals surface area contributed by atoms with E-state index in [1.807, 2.05) is 0 Å². The maximum atomic E-state index is 12.6. The smallest absolute Gasteiger partial charge is 0.243 e. The molecule has 0 spiro atoms. The molecule has 0 atom stereocenters. The number of halogens is 2. The largest absolute Gasteiger partial charge is 0.468 e. The Morgan fingerprint density at radius 3 is 2.65 bits per heavy atom. The zero-order valence-electron chi connectivity index (χ0n) is 10.7. The van der Waals surface area contributed by atoms with Gasteiger partial charge in [0.1, 0.15) is 5.76 Å². The molecular weight excluding hydrogens is 366 g/mol. The van der Waals surface area contributed by atoms with Crippen LogP contribution in [0.3, 0.4) is 0 Å². The monoisotopic (exact) mass is 377 g/mol. The average molecular weight is 379 g/mol. The van der Waals surface area contributed by atoms with Crippen molar-refractivity contribution < 1.29 is 12.8 Å². The summed E-state index contributed by atoms with van der Waals surface area (Å²) in [5.41, 5.74) is 0. The first kappa shape index (κ1) is 15.6. The van der Waals surface area contributed by atoms with Crippen LogP contribution in [0.5, 0.6) is 0 Å². The maximum absolute atomic E-state index is 12.6. The fourth-order valence-corrected chi connectivity index (χ4v) is 3.82. The second-order valence-electron chi connectivity index (χ2n) is 4.09. The van der Waals surface area contributed by atoms with Gasteiger partial charge in [-0.3, -0.25) is 0 Å². The molecule has 0 aliphatic carbocycles. The zero-order chi connectivity index (χ0) is 14.8. The molecule has 0 amide bonds. The summed E-state index contributed by atoms with van der Waals surface area (Å²) in [5.74, 6) is 0.600. The first-order valence-electron chi connectivity index (χ1n) is 5.92. The molecule has 20 heavy (non-hydrogen) atoms. The Morgan fingerprint density at radius 1 is 1.35 bits per heavy atom. The topological polar surface area (TPSA) is 50.5 Å². The van der Waals surface area contributed by atoms with E-state index in [1.54, 1.807) is 25.1 Å². The van der Waals surface area contributed by atoms with E-state index in [4.69, 9.17) is 16.0 Å². The molecule has 1 aromatic heterocycles. The van der Waals surface area contributed by atoms with Gasteiger partial charge in [-0.05, 0) is 46.3 Å². The number of hydrogen-bond acceptors (Lipinski definition) is 3. The fraction of sp³-hybridized carbons (Fsp3) is 0.231. The van der Waals surface area contributed by atoms with Crippen LogP contribution in [0.15, 0.2) is 50.4 Å². The van der Waals surface area contributed by atoms with Gasteiger partial charge >= 0.3 is 0 Å². The Balaban J connectivity index is 2.33. The number of furan rings is 1. The van der Waals surface area contributed by atoms with E-state index in [9.17, 15) is 8.42 Å². The van der Waals surface area contributed by atoms with E-state index in [0.717, 1.165) is 0 Å².